The lowest BCUT2D eigenvalue weighted by atomic mass is 9.75. The van der Waals surface area contributed by atoms with Gasteiger partial charge in [0.05, 0.1) is 20.1 Å². The molecule has 0 radical (unpaired) electrons. The summed E-state index contributed by atoms with van der Waals surface area (Å²) in [4.78, 5) is 28.4. The van der Waals surface area contributed by atoms with E-state index >= 15 is 0 Å². The molecular weight excluding hydrogens is 332 g/mol. The molecule has 0 saturated heterocycles. The Morgan fingerprint density at radius 3 is 2.15 bits per heavy atom. The van der Waals surface area contributed by atoms with Crippen LogP contribution in [0.2, 0.25) is 0 Å². The molecule has 134 valence electrons. The first-order valence-corrected chi connectivity index (χ1v) is 8.10. The predicted molar refractivity (Wildman–Crippen MR) is 97.5 cm³/mol. The third kappa shape index (κ3) is 2.74. The number of hydrogen-bond donors (Lipinski definition) is 2. The van der Waals surface area contributed by atoms with Crippen LogP contribution >= 0.6 is 0 Å². The highest BCUT2D eigenvalue weighted by atomic mass is 16.5. The van der Waals surface area contributed by atoms with E-state index in [2.05, 4.69) is 4.98 Å². The molecule has 0 bridgehead atoms. The lowest BCUT2D eigenvalue weighted by Gasteiger charge is -2.32. The fraction of sp³-hybridized carbons (Fsp3) is 0.200. The van der Waals surface area contributed by atoms with Gasteiger partial charge in [-0.15, -0.1) is 0 Å². The van der Waals surface area contributed by atoms with Crippen LogP contribution in [0.25, 0.3) is 10.9 Å². The molecule has 3 N–H and O–H groups in total. The topological polar surface area (TPSA) is 94.4 Å². The Balaban J connectivity index is 2.31. The summed E-state index contributed by atoms with van der Waals surface area (Å²) in [6, 6.07) is 16.7. The first-order chi connectivity index (χ1) is 12.5. The van der Waals surface area contributed by atoms with Crippen molar-refractivity contribution in [2.75, 3.05) is 14.2 Å². The second kappa shape index (κ2) is 7.01. The summed E-state index contributed by atoms with van der Waals surface area (Å²) in [5.74, 6) is -2.51. The van der Waals surface area contributed by atoms with Gasteiger partial charge < -0.3 is 20.2 Å². The molecule has 3 aromatic rings. The van der Waals surface area contributed by atoms with Crippen LogP contribution in [0.4, 0.5) is 0 Å². The van der Waals surface area contributed by atoms with Crippen molar-refractivity contribution in [3.8, 4) is 0 Å². The van der Waals surface area contributed by atoms with Crippen molar-refractivity contribution in [2.24, 2.45) is 5.73 Å². The van der Waals surface area contributed by atoms with E-state index in [4.69, 9.17) is 15.2 Å². The van der Waals surface area contributed by atoms with Gasteiger partial charge in [0, 0.05) is 17.1 Å². The van der Waals surface area contributed by atoms with Gasteiger partial charge in [-0.1, -0.05) is 48.5 Å². The van der Waals surface area contributed by atoms with E-state index in [0.717, 1.165) is 10.9 Å². The van der Waals surface area contributed by atoms with E-state index in [0.29, 0.717) is 11.1 Å². The standard InChI is InChI=1S/C20H20N2O4/c1-25-18(23)20(21,19(24)26-2)17(13-8-4-3-5-9-13)15-12-22-16-11-7-6-10-14(15)16/h3-12,17,22H,21H2,1-2H3/t17-/m0/s1. The maximum Gasteiger partial charge on any atom is 0.338 e. The largest absolute Gasteiger partial charge is 0.467 e. The number of benzene rings is 2. The molecule has 2 aromatic carbocycles. The molecule has 1 heterocycles. The average molecular weight is 352 g/mol. The maximum absolute atomic E-state index is 12.6. The summed E-state index contributed by atoms with van der Waals surface area (Å²) in [6.07, 6.45) is 1.76. The van der Waals surface area contributed by atoms with Crippen LogP contribution in [-0.4, -0.2) is 36.7 Å². The first-order valence-electron chi connectivity index (χ1n) is 8.10. The Morgan fingerprint density at radius 2 is 1.54 bits per heavy atom. The number of fused-ring (bicyclic) bond motifs is 1. The minimum absolute atomic E-state index is 0.704. The number of nitrogens with one attached hydrogen (secondary N) is 1. The summed E-state index contributed by atoms with van der Waals surface area (Å²) in [6.45, 7) is 0. The number of hydrogen-bond acceptors (Lipinski definition) is 5. The van der Waals surface area contributed by atoms with E-state index in [-0.39, 0.29) is 0 Å². The van der Waals surface area contributed by atoms with Crippen LogP contribution in [0.3, 0.4) is 0 Å². The molecule has 0 unspecified atom stereocenters. The number of para-hydroxylation sites is 1. The smallest absolute Gasteiger partial charge is 0.338 e. The van der Waals surface area contributed by atoms with Crippen LogP contribution in [0.1, 0.15) is 17.0 Å². The zero-order chi connectivity index (χ0) is 18.7. The van der Waals surface area contributed by atoms with Gasteiger partial charge >= 0.3 is 11.9 Å². The van der Waals surface area contributed by atoms with Crippen LogP contribution in [0, 0.1) is 0 Å². The van der Waals surface area contributed by atoms with Crippen LogP contribution in [0.5, 0.6) is 0 Å². The molecule has 0 aliphatic carbocycles. The van der Waals surface area contributed by atoms with Gasteiger partial charge in [-0.05, 0) is 17.2 Å². The number of nitrogens with two attached hydrogens (primary N) is 1. The number of rotatable bonds is 5. The summed E-state index contributed by atoms with van der Waals surface area (Å²) in [5.41, 5.74) is 6.66. The average Bonchev–Trinajstić information content (AvgIpc) is 3.11. The molecule has 0 saturated carbocycles. The molecule has 6 nitrogen and oxygen atoms in total. The van der Waals surface area contributed by atoms with Crippen molar-refractivity contribution >= 4 is 22.8 Å². The number of ether oxygens (including phenoxy) is 2. The van der Waals surface area contributed by atoms with Gasteiger partial charge in [-0.25, -0.2) is 9.59 Å². The Morgan fingerprint density at radius 1 is 0.962 bits per heavy atom. The minimum atomic E-state index is -2.03. The number of aromatic amines is 1. The molecule has 0 amide bonds. The summed E-state index contributed by atoms with van der Waals surface area (Å²) in [5, 5.41) is 0.865. The van der Waals surface area contributed by atoms with Gasteiger partial charge in [0.2, 0.25) is 5.54 Å². The Hall–Kier alpha value is -3.12. The van der Waals surface area contributed by atoms with Crippen molar-refractivity contribution in [3.05, 3.63) is 71.9 Å². The van der Waals surface area contributed by atoms with Crippen LogP contribution in [0.15, 0.2) is 60.8 Å². The molecule has 1 atom stereocenters. The van der Waals surface area contributed by atoms with Gasteiger partial charge in [0.1, 0.15) is 0 Å². The van der Waals surface area contributed by atoms with Crippen molar-refractivity contribution in [3.63, 3.8) is 0 Å². The van der Waals surface area contributed by atoms with Crippen molar-refractivity contribution in [1.82, 2.24) is 4.98 Å². The Labute approximate surface area is 150 Å². The fourth-order valence-corrected chi connectivity index (χ4v) is 3.32. The molecular formula is C20H20N2O4. The van der Waals surface area contributed by atoms with E-state index in [1.165, 1.54) is 14.2 Å². The summed E-state index contributed by atoms with van der Waals surface area (Å²) >= 11 is 0. The number of H-pyrrole nitrogens is 1. The van der Waals surface area contributed by atoms with Gasteiger partial charge in [0.15, 0.2) is 0 Å². The van der Waals surface area contributed by atoms with Gasteiger partial charge in [-0.3, -0.25) is 0 Å². The maximum atomic E-state index is 12.6. The molecule has 3 rings (SSSR count). The fourth-order valence-electron chi connectivity index (χ4n) is 3.32. The van der Waals surface area contributed by atoms with E-state index in [9.17, 15) is 9.59 Å². The van der Waals surface area contributed by atoms with E-state index < -0.39 is 23.4 Å². The molecule has 0 fully saturated rings. The molecule has 6 heteroatoms. The highest BCUT2D eigenvalue weighted by Gasteiger charge is 2.53. The Kier molecular flexibility index (Phi) is 4.77. The quantitative estimate of drug-likeness (QED) is 0.543. The molecule has 1 aromatic heterocycles. The van der Waals surface area contributed by atoms with Gasteiger partial charge in [0.25, 0.3) is 0 Å². The molecule has 26 heavy (non-hydrogen) atoms. The second-order valence-corrected chi connectivity index (χ2v) is 5.99. The molecule has 0 spiro atoms. The monoisotopic (exact) mass is 352 g/mol. The first kappa shape index (κ1) is 17.7. The number of methoxy groups -OCH3 is 2. The summed E-state index contributed by atoms with van der Waals surface area (Å²) < 4.78 is 9.75. The van der Waals surface area contributed by atoms with Crippen molar-refractivity contribution < 1.29 is 19.1 Å². The number of esters is 2. The minimum Gasteiger partial charge on any atom is -0.467 e. The third-order valence-electron chi connectivity index (χ3n) is 4.57. The lowest BCUT2D eigenvalue weighted by Crippen LogP contribution is -2.60. The highest BCUT2D eigenvalue weighted by Crippen LogP contribution is 2.38. The van der Waals surface area contributed by atoms with Crippen molar-refractivity contribution in [2.45, 2.75) is 11.5 Å². The van der Waals surface area contributed by atoms with Gasteiger partial charge in [-0.2, -0.15) is 0 Å². The Bertz CT molecular complexity index is 917. The SMILES string of the molecule is COC(=O)C(N)(C(=O)OC)[C@@H](c1ccccc1)c1c[nH]c2ccccc12. The number of aromatic nitrogens is 1. The van der Waals surface area contributed by atoms with E-state index in [1.807, 2.05) is 54.6 Å². The zero-order valence-electron chi connectivity index (χ0n) is 14.6. The number of carbonyl (C=O) groups is 2. The van der Waals surface area contributed by atoms with Crippen LogP contribution < -0.4 is 5.73 Å². The summed E-state index contributed by atoms with van der Waals surface area (Å²) in [7, 11) is 2.40. The predicted octanol–water partition coefficient (Wildman–Crippen LogP) is 2.34. The number of carbonyl (C=O) groups excluding carboxylic acids is 2. The normalized spacial score (nSPS) is 12.6. The van der Waals surface area contributed by atoms with Crippen molar-refractivity contribution in [1.29, 1.82) is 0 Å². The second-order valence-electron chi connectivity index (χ2n) is 5.99. The van der Waals surface area contributed by atoms with Crippen LogP contribution in [-0.2, 0) is 19.1 Å². The molecule has 0 aliphatic rings. The molecule has 0 aliphatic heterocycles. The highest BCUT2D eigenvalue weighted by molar-refractivity contribution is 6.07. The lowest BCUT2D eigenvalue weighted by molar-refractivity contribution is -0.162. The third-order valence-corrected chi connectivity index (χ3v) is 4.57. The van der Waals surface area contributed by atoms with E-state index in [1.54, 1.807) is 6.20 Å². The zero-order valence-corrected chi connectivity index (χ0v) is 14.6.